The van der Waals surface area contributed by atoms with Crippen LogP contribution in [0.15, 0.2) is 54.9 Å². The number of carbonyl (C=O) groups is 2. The molecule has 0 saturated carbocycles. The fourth-order valence-electron chi connectivity index (χ4n) is 3.97. The Kier molecular flexibility index (Phi) is 4.96. The van der Waals surface area contributed by atoms with Crippen molar-refractivity contribution in [2.75, 3.05) is 13.1 Å². The van der Waals surface area contributed by atoms with Gasteiger partial charge < -0.3 is 15.0 Å². The maximum absolute atomic E-state index is 12.9. The van der Waals surface area contributed by atoms with E-state index in [9.17, 15) is 9.59 Å². The Morgan fingerprint density at radius 3 is 2.67 bits per heavy atom. The molecule has 30 heavy (non-hydrogen) atoms. The van der Waals surface area contributed by atoms with Crippen LogP contribution in [0.2, 0.25) is 0 Å². The van der Waals surface area contributed by atoms with Crippen molar-refractivity contribution in [1.29, 1.82) is 0 Å². The first-order valence-electron chi connectivity index (χ1n) is 10.0. The van der Waals surface area contributed by atoms with E-state index in [0.717, 1.165) is 34.6 Å². The number of fused-ring (bicyclic) bond motifs is 3. The summed E-state index contributed by atoms with van der Waals surface area (Å²) < 4.78 is 5.80. The Hall–Kier alpha value is -3.19. The number of piperidine rings is 1. The molecule has 2 aliphatic heterocycles. The summed E-state index contributed by atoms with van der Waals surface area (Å²) in [4.78, 5) is 33.0. The summed E-state index contributed by atoms with van der Waals surface area (Å²) in [5, 5.41) is 3.15. The third-order valence-corrected chi connectivity index (χ3v) is 6.80. The first-order chi connectivity index (χ1) is 14.7. The van der Waals surface area contributed by atoms with Crippen LogP contribution in [0.25, 0.3) is 10.4 Å². The third-order valence-electron chi connectivity index (χ3n) is 5.59. The summed E-state index contributed by atoms with van der Waals surface area (Å²) in [6.45, 7) is 1.76. The van der Waals surface area contributed by atoms with Crippen LogP contribution >= 0.6 is 11.3 Å². The number of hydrogen-bond acceptors (Lipinski definition) is 5. The number of hydrogen-bond donors (Lipinski definition) is 1. The maximum Gasteiger partial charge on any atom is 0.261 e. The SMILES string of the molecule is O=C(NC1CCN(C(=O)c2ccncc2)CC1)c1cc2c(s1)-c1ccccc1OC2. The van der Waals surface area contributed by atoms with E-state index in [4.69, 9.17) is 4.74 Å². The van der Waals surface area contributed by atoms with E-state index in [-0.39, 0.29) is 17.9 Å². The first kappa shape index (κ1) is 18.8. The van der Waals surface area contributed by atoms with Crippen molar-refractivity contribution in [2.45, 2.75) is 25.5 Å². The molecule has 0 bridgehead atoms. The van der Waals surface area contributed by atoms with E-state index in [2.05, 4.69) is 10.3 Å². The van der Waals surface area contributed by atoms with Gasteiger partial charge in [-0.05, 0) is 43.2 Å². The number of para-hydroxylation sites is 1. The minimum absolute atomic E-state index is 0.0202. The van der Waals surface area contributed by atoms with Crippen molar-refractivity contribution < 1.29 is 14.3 Å². The van der Waals surface area contributed by atoms with E-state index in [1.165, 1.54) is 11.3 Å². The molecule has 1 fully saturated rings. The van der Waals surface area contributed by atoms with Crippen LogP contribution in [0.1, 0.15) is 38.4 Å². The number of aromatic nitrogens is 1. The summed E-state index contributed by atoms with van der Waals surface area (Å²) in [5.74, 6) is 0.836. The summed E-state index contributed by atoms with van der Waals surface area (Å²) in [6, 6.07) is 13.4. The Labute approximate surface area is 178 Å². The molecule has 0 atom stereocenters. The summed E-state index contributed by atoms with van der Waals surface area (Å²) in [5.41, 5.74) is 2.76. The average Bonchev–Trinajstić information content (AvgIpc) is 3.25. The van der Waals surface area contributed by atoms with E-state index in [1.54, 1.807) is 24.5 Å². The van der Waals surface area contributed by atoms with Crippen LogP contribution in [-0.2, 0) is 6.61 Å². The van der Waals surface area contributed by atoms with E-state index in [1.807, 2.05) is 35.2 Å². The van der Waals surface area contributed by atoms with Gasteiger partial charge in [-0.1, -0.05) is 12.1 Å². The monoisotopic (exact) mass is 419 g/mol. The predicted molar refractivity (Wildman–Crippen MR) is 115 cm³/mol. The van der Waals surface area contributed by atoms with Gasteiger partial charge in [0.15, 0.2) is 0 Å². The number of carbonyl (C=O) groups excluding carboxylic acids is 2. The van der Waals surface area contributed by atoms with Gasteiger partial charge in [-0.15, -0.1) is 11.3 Å². The summed E-state index contributed by atoms with van der Waals surface area (Å²) in [7, 11) is 0. The van der Waals surface area contributed by atoms with Crippen molar-refractivity contribution in [3.05, 3.63) is 70.9 Å². The topological polar surface area (TPSA) is 71.5 Å². The predicted octanol–water partition coefficient (Wildman–Crippen LogP) is 3.74. The van der Waals surface area contributed by atoms with Crippen molar-refractivity contribution in [3.63, 3.8) is 0 Å². The Morgan fingerprint density at radius 1 is 1.10 bits per heavy atom. The number of thiophene rings is 1. The van der Waals surface area contributed by atoms with E-state index < -0.39 is 0 Å². The summed E-state index contributed by atoms with van der Waals surface area (Å²) in [6.07, 6.45) is 4.76. The zero-order chi connectivity index (χ0) is 20.5. The van der Waals surface area contributed by atoms with Gasteiger partial charge in [0.05, 0.1) is 4.88 Å². The molecule has 7 heteroatoms. The van der Waals surface area contributed by atoms with Crippen molar-refractivity contribution in [3.8, 4) is 16.2 Å². The molecule has 3 aromatic rings. The molecule has 0 aliphatic carbocycles. The highest BCUT2D eigenvalue weighted by molar-refractivity contribution is 7.17. The Morgan fingerprint density at radius 2 is 1.87 bits per heavy atom. The number of amides is 2. The highest BCUT2D eigenvalue weighted by Crippen LogP contribution is 2.42. The molecule has 0 spiro atoms. The fourth-order valence-corrected chi connectivity index (χ4v) is 5.07. The maximum atomic E-state index is 12.9. The molecule has 6 nitrogen and oxygen atoms in total. The lowest BCUT2D eigenvalue weighted by Crippen LogP contribution is -2.46. The van der Waals surface area contributed by atoms with Crippen LogP contribution in [-0.4, -0.2) is 40.8 Å². The molecular weight excluding hydrogens is 398 g/mol. The lowest BCUT2D eigenvalue weighted by molar-refractivity contribution is 0.0698. The average molecular weight is 420 g/mol. The molecule has 2 amide bonds. The van der Waals surface area contributed by atoms with E-state index >= 15 is 0 Å². The van der Waals surface area contributed by atoms with Crippen LogP contribution in [0.3, 0.4) is 0 Å². The van der Waals surface area contributed by atoms with Gasteiger partial charge in [0.2, 0.25) is 0 Å². The molecule has 152 valence electrons. The molecule has 4 heterocycles. The molecule has 1 aromatic carbocycles. The highest BCUT2D eigenvalue weighted by Gasteiger charge is 2.27. The molecular formula is C23H21N3O3S. The standard InChI is InChI=1S/C23H21N3O3S/c27-22(20-13-16-14-29-19-4-2-1-3-18(19)21(16)30-20)25-17-7-11-26(12-8-17)23(28)15-5-9-24-10-6-15/h1-6,9-10,13,17H,7-8,11-12,14H2,(H,25,27). The number of benzene rings is 1. The van der Waals surface area contributed by atoms with Gasteiger partial charge >= 0.3 is 0 Å². The second kappa shape index (κ2) is 7.91. The van der Waals surface area contributed by atoms with Gasteiger partial charge in [0.1, 0.15) is 12.4 Å². The normalized spacial score (nSPS) is 15.7. The number of likely N-dealkylation sites (tertiary alicyclic amines) is 1. The number of pyridine rings is 1. The highest BCUT2D eigenvalue weighted by atomic mass is 32.1. The minimum Gasteiger partial charge on any atom is -0.488 e. The smallest absolute Gasteiger partial charge is 0.261 e. The lowest BCUT2D eigenvalue weighted by atomic mass is 10.0. The first-order valence-corrected chi connectivity index (χ1v) is 10.9. The Balaban J connectivity index is 1.22. The van der Waals surface area contributed by atoms with Crippen molar-refractivity contribution >= 4 is 23.2 Å². The van der Waals surface area contributed by atoms with Crippen LogP contribution < -0.4 is 10.1 Å². The van der Waals surface area contributed by atoms with Gasteiger partial charge in [0, 0.05) is 53.1 Å². The zero-order valence-electron chi connectivity index (χ0n) is 16.3. The molecule has 0 unspecified atom stereocenters. The number of ether oxygens (including phenoxy) is 1. The van der Waals surface area contributed by atoms with Gasteiger partial charge in [-0.3, -0.25) is 14.6 Å². The zero-order valence-corrected chi connectivity index (χ0v) is 17.2. The van der Waals surface area contributed by atoms with Crippen LogP contribution in [0.5, 0.6) is 5.75 Å². The molecule has 1 saturated heterocycles. The Bertz CT molecular complexity index is 1090. The van der Waals surface area contributed by atoms with Crippen molar-refractivity contribution in [2.24, 2.45) is 0 Å². The number of nitrogens with zero attached hydrogens (tertiary/aromatic N) is 2. The molecule has 0 radical (unpaired) electrons. The third kappa shape index (κ3) is 3.57. The van der Waals surface area contributed by atoms with E-state index in [0.29, 0.717) is 30.1 Å². The van der Waals surface area contributed by atoms with Gasteiger partial charge in [-0.25, -0.2) is 0 Å². The number of nitrogens with one attached hydrogen (secondary N) is 1. The molecule has 1 N–H and O–H groups in total. The van der Waals surface area contributed by atoms with Gasteiger partial charge in [-0.2, -0.15) is 0 Å². The van der Waals surface area contributed by atoms with Crippen LogP contribution in [0.4, 0.5) is 0 Å². The van der Waals surface area contributed by atoms with Crippen LogP contribution in [0, 0.1) is 0 Å². The lowest BCUT2D eigenvalue weighted by Gasteiger charge is -2.32. The second-order valence-electron chi connectivity index (χ2n) is 7.53. The summed E-state index contributed by atoms with van der Waals surface area (Å²) >= 11 is 1.51. The second-order valence-corrected chi connectivity index (χ2v) is 8.58. The molecule has 2 aliphatic rings. The minimum atomic E-state index is -0.0502. The quantitative estimate of drug-likeness (QED) is 0.702. The largest absolute Gasteiger partial charge is 0.488 e. The molecule has 2 aromatic heterocycles. The fraction of sp³-hybridized carbons (Fsp3) is 0.261. The van der Waals surface area contributed by atoms with Crippen molar-refractivity contribution in [1.82, 2.24) is 15.2 Å². The number of rotatable bonds is 3. The molecule has 5 rings (SSSR count). The van der Waals surface area contributed by atoms with Gasteiger partial charge in [0.25, 0.3) is 11.8 Å².